The molecule has 1 saturated heterocycles. The van der Waals surface area contributed by atoms with Crippen molar-refractivity contribution < 1.29 is 19.3 Å². The van der Waals surface area contributed by atoms with E-state index in [1.165, 1.54) is 0 Å². The minimum absolute atomic E-state index is 0.0159. The molecule has 1 aliphatic rings. The second-order valence-corrected chi connectivity index (χ2v) is 9.25. The van der Waals surface area contributed by atoms with Crippen LogP contribution in [0.3, 0.4) is 0 Å². The molecule has 0 spiro atoms. The first kappa shape index (κ1) is 25.4. The van der Waals surface area contributed by atoms with E-state index < -0.39 is 6.10 Å². The highest BCUT2D eigenvalue weighted by Crippen LogP contribution is 2.30. The maximum absolute atomic E-state index is 10.8. The molecular formula is C29H38O4. The van der Waals surface area contributed by atoms with Gasteiger partial charge in [0.25, 0.3) is 0 Å². The van der Waals surface area contributed by atoms with Gasteiger partial charge in [0.05, 0.1) is 32.0 Å². The van der Waals surface area contributed by atoms with Crippen molar-refractivity contribution in [3.8, 4) is 0 Å². The van der Waals surface area contributed by atoms with Gasteiger partial charge in [-0.25, -0.2) is 0 Å². The number of aliphatic hydroxyl groups is 1. The maximum atomic E-state index is 10.8. The largest absolute Gasteiger partial charge is 0.392 e. The summed E-state index contributed by atoms with van der Waals surface area (Å²) in [5, 5.41) is 10.8. The third kappa shape index (κ3) is 7.94. The average Bonchev–Trinajstić information content (AvgIpc) is 2.84. The quantitative estimate of drug-likeness (QED) is 0.445. The minimum Gasteiger partial charge on any atom is -0.392 e. The van der Waals surface area contributed by atoms with Crippen LogP contribution in [0.2, 0.25) is 0 Å². The Labute approximate surface area is 198 Å². The number of benzene rings is 2. The molecule has 178 valence electrons. The molecule has 2 aromatic rings. The Hall–Kier alpha value is -2.24. The smallest absolute Gasteiger partial charge is 0.184 e. The fourth-order valence-corrected chi connectivity index (χ4v) is 4.04. The zero-order valence-corrected chi connectivity index (χ0v) is 20.3. The Bertz CT molecular complexity index is 877. The van der Waals surface area contributed by atoms with Crippen LogP contribution < -0.4 is 0 Å². The second kappa shape index (κ2) is 12.9. The first-order valence-electron chi connectivity index (χ1n) is 11.9. The van der Waals surface area contributed by atoms with E-state index in [0.29, 0.717) is 19.8 Å². The van der Waals surface area contributed by atoms with E-state index in [4.69, 9.17) is 14.2 Å². The summed E-state index contributed by atoms with van der Waals surface area (Å²) in [6.07, 6.45) is 5.50. The lowest BCUT2D eigenvalue weighted by Crippen LogP contribution is -2.33. The molecule has 4 nitrogen and oxygen atoms in total. The summed E-state index contributed by atoms with van der Waals surface area (Å²) in [6, 6.07) is 20.2. The number of ether oxygens (including phenoxy) is 3. The van der Waals surface area contributed by atoms with Crippen molar-refractivity contribution in [2.24, 2.45) is 17.8 Å². The molecule has 33 heavy (non-hydrogen) atoms. The van der Waals surface area contributed by atoms with Gasteiger partial charge in [-0.15, -0.1) is 0 Å². The Morgan fingerprint density at radius 1 is 1.09 bits per heavy atom. The van der Waals surface area contributed by atoms with Crippen LogP contribution in [0, 0.1) is 17.8 Å². The van der Waals surface area contributed by atoms with Crippen molar-refractivity contribution in [2.75, 3.05) is 13.2 Å². The molecule has 0 aromatic heterocycles. The second-order valence-electron chi connectivity index (χ2n) is 9.25. The molecule has 0 amide bonds. The van der Waals surface area contributed by atoms with Crippen LogP contribution in [0.1, 0.15) is 45.1 Å². The zero-order chi connectivity index (χ0) is 23.6. The summed E-state index contributed by atoms with van der Waals surface area (Å²) in [5.41, 5.74) is 3.29. The van der Waals surface area contributed by atoms with E-state index in [0.717, 1.165) is 16.7 Å². The lowest BCUT2D eigenvalue weighted by molar-refractivity contribution is -0.225. The number of hydrogen-bond acceptors (Lipinski definition) is 4. The molecule has 0 radical (unpaired) electrons. The summed E-state index contributed by atoms with van der Waals surface area (Å²) in [7, 11) is 0. The molecular weight excluding hydrogens is 412 g/mol. The molecule has 1 heterocycles. The van der Waals surface area contributed by atoms with E-state index in [1.807, 2.05) is 67.6 Å². The Morgan fingerprint density at radius 2 is 1.76 bits per heavy atom. The topological polar surface area (TPSA) is 47.9 Å². The normalized spacial score (nSPS) is 24.5. The summed E-state index contributed by atoms with van der Waals surface area (Å²) in [6.45, 7) is 10.0. The van der Waals surface area contributed by atoms with Crippen LogP contribution in [0.15, 0.2) is 84.5 Å². The number of hydrogen-bond donors (Lipinski definition) is 1. The molecule has 4 heteroatoms. The van der Waals surface area contributed by atoms with Crippen molar-refractivity contribution in [2.45, 2.75) is 52.8 Å². The summed E-state index contributed by atoms with van der Waals surface area (Å²) in [4.78, 5) is 0. The Kier molecular flexibility index (Phi) is 9.89. The van der Waals surface area contributed by atoms with Gasteiger partial charge in [0.15, 0.2) is 6.29 Å². The van der Waals surface area contributed by atoms with Gasteiger partial charge in [-0.1, -0.05) is 105 Å². The number of allylic oxidation sites excluding steroid dienone is 2. The van der Waals surface area contributed by atoms with Gasteiger partial charge < -0.3 is 19.3 Å². The molecule has 3 rings (SSSR count). The zero-order valence-electron chi connectivity index (χ0n) is 20.3. The van der Waals surface area contributed by atoms with Crippen LogP contribution in [0.5, 0.6) is 0 Å². The number of aliphatic hydroxyl groups excluding tert-OH is 1. The minimum atomic E-state index is -0.468. The van der Waals surface area contributed by atoms with Crippen LogP contribution in [0.4, 0.5) is 0 Å². The molecule has 0 bridgehead atoms. The summed E-state index contributed by atoms with van der Waals surface area (Å²) < 4.78 is 17.9. The van der Waals surface area contributed by atoms with Crippen LogP contribution in [-0.2, 0) is 20.8 Å². The van der Waals surface area contributed by atoms with Gasteiger partial charge in [-0.05, 0) is 12.5 Å². The summed E-state index contributed by atoms with van der Waals surface area (Å²) in [5.74, 6) is 0.344. The average molecular weight is 451 g/mol. The molecule has 6 atom stereocenters. The van der Waals surface area contributed by atoms with E-state index in [-0.39, 0.29) is 30.1 Å². The van der Waals surface area contributed by atoms with E-state index >= 15 is 0 Å². The van der Waals surface area contributed by atoms with Crippen molar-refractivity contribution in [1.29, 1.82) is 0 Å². The van der Waals surface area contributed by atoms with Crippen molar-refractivity contribution in [3.63, 3.8) is 0 Å². The predicted molar refractivity (Wildman–Crippen MR) is 133 cm³/mol. The van der Waals surface area contributed by atoms with Crippen molar-refractivity contribution >= 4 is 0 Å². The van der Waals surface area contributed by atoms with Gasteiger partial charge >= 0.3 is 0 Å². The Balaban J connectivity index is 1.49. The van der Waals surface area contributed by atoms with Crippen LogP contribution in [0.25, 0.3) is 0 Å². The highest BCUT2D eigenvalue weighted by molar-refractivity contribution is 5.20. The third-order valence-electron chi connectivity index (χ3n) is 6.11. The number of rotatable bonds is 10. The van der Waals surface area contributed by atoms with Crippen molar-refractivity contribution in [1.82, 2.24) is 0 Å². The van der Waals surface area contributed by atoms with Crippen LogP contribution >= 0.6 is 0 Å². The van der Waals surface area contributed by atoms with E-state index in [2.05, 4.69) is 39.0 Å². The first-order chi connectivity index (χ1) is 15.9. The fraction of sp³-hybridized carbons (Fsp3) is 0.448. The lowest BCUT2D eigenvalue weighted by Gasteiger charge is -2.33. The van der Waals surface area contributed by atoms with E-state index in [9.17, 15) is 5.11 Å². The van der Waals surface area contributed by atoms with Gasteiger partial charge in [0.1, 0.15) is 0 Å². The predicted octanol–water partition coefficient (Wildman–Crippen LogP) is 6.09. The summed E-state index contributed by atoms with van der Waals surface area (Å²) >= 11 is 0. The van der Waals surface area contributed by atoms with Gasteiger partial charge in [-0.3, -0.25) is 0 Å². The fourth-order valence-electron chi connectivity index (χ4n) is 4.04. The lowest BCUT2D eigenvalue weighted by atomic mass is 9.92. The van der Waals surface area contributed by atoms with Crippen LogP contribution in [-0.4, -0.2) is 30.5 Å². The van der Waals surface area contributed by atoms with Gasteiger partial charge in [-0.2, -0.15) is 0 Å². The third-order valence-corrected chi connectivity index (χ3v) is 6.11. The van der Waals surface area contributed by atoms with E-state index in [1.54, 1.807) is 0 Å². The molecule has 1 N–H and O–H groups in total. The Morgan fingerprint density at radius 3 is 2.45 bits per heavy atom. The first-order valence-corrected chi connectivity index (χ1v) is 11.9. The molecule has 2 aromatic carbocycles. The SMILES string of the molecule is CC(/C=C/[C@@H]1O[C@H](c2ccccc2)OC[C@H]1C)=C\[C@@H](C)[C@H](O)[C@@H](C)COCc1ccccc1. The van der Waals surface area contributed by atoms with Gasteiger partial charge in [0, 0.05) is 23.3 Å². The molecule has 0 saturated carbocycles. The van der Waals surface area contributed by atoms with Crippen molar-refractivity contribution in [3.05, 3.63) is 95.6 Å². The molecule has 0 aliphatic carbocycles. The standard InChI is InChI=1S/C29H38O4/c1-21(15-16-27-23(3)19-32-29(33-27)26-13-9-6-10-14-26)17-22(2)28(30)24(4)18-31-20-25-11-7-5-8-12-25/h5-17,22-24,27-30H,18-20H2,1-4H3/b16-15+,21-17+/t22-,23-,24+,27+,28+,29-/m1/s1. The van der Waals surface area contributed by atoms with Gasteiger partial charge in [0.2, 0.25) is 0 Å². The maximum Gasteiger partial charge on any atom is 0.184 e. The monoisotopic (exact) mass is 450 g/mol. The molecule has 1 fully saturated rings. The highest BCUT2D eigenvalue weighted by atomic mass is 16.7. The molecule has 0 unspecified atom stereocenters. The molecule has 1 aliphatic heterocycles. The highest BCUT2D eigenvalue weighted by Gasteiger charge is 2.28.